The number of hydrogen-bond donors (Lipinski definition) is 0. The molecule has 1 saturated heterocycles. The van der Waals surface area contributed by atoms with Crippen LogP contribution in [0.15, 0.2) is 0 Å². The highest BCUT2D eigenvalue weighted by molar-refractivity contribution is 7.90. The Morgan fingerprint density at radius 1 is 1.20 bits per heavy atom. The van der Waals surface area contributed by atoms with Gasteiger partial charge in [0.25, 0.3) is 0 Å². The summed E-state index contributed by atoms with van der Waals surface area (Å²) in [6.07, 6.45) is 3.51. The average Bonchev–Trinajstić information content (AvgIpc) is 2.58. The Labute approximate surface area is 157 Å². The van der Waals surface area contributed by atoms with E-state index in [0.29, 0.717) is 39.1 Å². The van der Waals surface area contributed by atoms with Crippen LogP contribution in [0.5, 0.6) is 0 Å². The molecule has 7 nitrogen and oxygen atoms in total. The van der Waals surface area contributed by atoms with E-state index in [1.807, 2.05) is 25.9 Å². The van der Waals surface area contributed by atoms with Crippen molar-refractivity contribution in [1.29, 1.82) is 0 Å². The van der Waals surface area contributed by atoms with Gasteiger partial charge < -0.3 is 14.5 Å². The molecule has 148 valence electrons. The first-order valence-electron chi connectivity index (χ1n) is 8.93. The third-order valence-electron chi connectivity index (χ3n) is 4.33. The summed E-state index contributed by atoms with van der Waals surface area (Å²) in [4.78, 5) is 15.7. The van der Waals surface area contributed by atoms with Crippen LogP contribution in [0.4, 0.5) is 4.79 Å². The molecular weight excluding hydrogens is 366 g/mol. The molecular formula is C16H32ClN3O4S. The van der Waals surface area contributed by atoms with E-state index in [0.717, 1.165) is 25.8 Å². The van der Waals surface area contributed by atoms with Crippen molar-refractivity contribution >= 4 is 27.7 Å². The maximum atomic E-state index is 12.3. The maximum absolute atomic E-state index is 12.3. The number of carbonyl (C=O) groups is 1. The number of ether oxygens (including phenoxy) is 1. The fraction of sp³-hybridized carbons (Fsp3) is 0.938. The van der Waals surface area contributed by atoms with Gasteiger partial charge in [-0.15, -0.1) is 11.6 Å². The molecule has 0 radical (unpaired) electrons. The molecule has 0 spiro atoms. The van der Waals surface area contributed by atoms with E-state index >= 15 is 0 Å². The number of piperidine rings is 1. The lowest BCUT2D eigenvalue weighted by atomic mass is 10.1. The van der Waals surface area contributed by atoms with Crippen molar-refractivity contribution in [3.05, 3.63) is 0 Å². The molecule has 0 atom stereocenters. The van der Waals surface area contributed by atoms with Crippen LogP contribution in [0.1, 0.15) is 39.0 Å². The number of rotatable bonds is 10. The Hall–Kier alpha value is -0.570. The lowest BCUT2D eigenvalue weighted by Gasteiger charge is -2.37. The molecule has 0 aromatic carbocycles. The summed E-state index contributed by atoms with van der Waals surface area (Å²) in [6.45, 7) is 4.78. The number of halogens is 1. The van der Waals surface area contributed by atoms with Crippen molar-refractivity contribution in [1.82, 2.24) is 14.1 Å². The second-order valence-electron chi connectivity index (χ2n) is 6.67. The first-order chi connectivity index (χ1) is 11.8. The quantitative estimate of drug-likeness (QED) is 0.417. The second kappa shape index (κ2) is 11.2. The van der Waals surface area contributed by atoms with Crippen LogP contribution in [-0.2, 0) is 14.8 Å². The van der Waals surface area contributed by atoms with Gasteiger partial charge in [-0.05, 0) is 46.3 Å². The number of alkyl halides is 1. The number of amides is 1. The molecule has 0 unspecified atom stereocenters. The molecule has 0 aliphatic carbocycles. The molecule has 25 heavy (non-hydrogen) atoms. The van der Waals surface area contributed by atoms with E-state index in [9.17, 15) is 13.2 Å². The Morgan fingerprint density at radius 2 is 1.84 bits per heavy atom. The van der Waals surface area contributed by atoms with E-state index in [-0.39, 0.29) is 12.1 Å². The van der Waals surface area contributed by atoms with E-state index < -0.39 is 15.2 Å². The molecule has 0 bridgehead atoms. The van der Waals surface area contributed by atoms with Crippen molar-refractivity contribution in [2.75, 3.05) is 52.1 Å². The van der Waals surface area contributed by atoms with Crippen LogP contribution in [-0.4, -0.2) is 86.8 Å². The monoisotopic (exact) mass is 397 g/mol. The molecule has 0 saturated carbocycles. The average molecular weight is 398 g/mol. The lowest BCUT2D eigenvalue weighted by molar-refractivity contribution is 0.0835. The van der Waals surface area contributed by atoms with Gasteiger partial charge in [0.1, 0.15) is 5.21 Å². The lowest BCUT2D eigenvalue weighted by Crippen LogP contribution is -2.49. The number of carbonyl (C=O) groups excluding carboxylic acids is 1. The summed E-state index contributed by atoms with van der Waals surface area (Å²) in [6, 6.07) is -0.106. The predicted molar refractivity (Wildman–Crippen MR) is 100 cm³/mol. The molecule has 1 aliphatic heterocycles. The summed E-state index contributed by atoms with van der Waals surface area (Å²) in [5, 5.41) is -0.408. The van der Waals surface area contributed by atoms with E-state index in [1.165, 1.54) is 4.31 Å². The smallest absolute Gasteiger partial charge is 0.409 e. The Kier molecular flexibility index (Phi) is 10.1. The van der Waals surface area contributed by atoms with Crippen LogP contribution in [0.25, 0.3) is 0 Å². The van der Waals surface area contributed by atoms with Crippen molar-refractivity contribution in [3.63, 3.8) is 0 Å². The van der Waals surface area contributed by atoms with Crippen molar-refractivity contribution in [3.8, 4) is 0 Å². The number of sulfonamides is 1. The zero-order chi connectivity index (χ0) is 18.9. The van der Waals surface area contributed by atoms with Gasteiger partial charge in [-0.2, -0.15) is 4.31 Å². The molecule has 1 amide bonds. The zero-order valence-electron chi connectivity index (χ0n) is 15.6. The highest BCUT2D eigenvalue weighted by atomic mass is 35.5. The summed E-state index contributed by atoms with van der Waals surface area (Å²) in [5.74, 6) is 0. The van der Waals surface area contributed by atoms with Crippen LogP contribution in [0.3, 0.4) is 0 Å². The first-order valence-corrected chi connectivity index (χ1v) is 11.1. The predicted octanol–water partition coefficient (Wildman–Crippen LogP) is 2.17. The third kappa shape index (κ3) is 7.68. The minimum absolute atomic E-state index is 0.106. The minimum Gasteiger partial charge on any atom is -0.449 e. The fourth-order valence-electron chi connectivity index (χ4n) is 2.89. The van der Waals surface area contributed by atoms with Crippen LogP contribution in [0.2, 0.25) is 0 Å². The van der Waals surface area contributed by atoms with Gasteiger partial charge in [-0.25, -0.2) is 13.2 Å². The summed E-state index contributed by atoms with van der Waals surface area (Å²) in [7, 11) is 0.455. The molecule has 1 heterocycles. The van der Waals surface area contributed by atoms with E-state index in [1.54, 1.807) is 4.90 Å². The number of likely N-dealkylation sites (tertiary alicyclic amines) is 1. The topological polar surface area (TPSA) is 70.2 Å². The zero-order valence-corrected chi connectivity index (χ0v) is 17.2. The summed E-state index contributed by atoms with van der Waals surface area (Å²) < 4.78 is 31.4. The summed E-state index contributed by atoms with van der Waals surface area (Å²) >= 11 is 5.67. The van der Waals surface area contributed by atoms with Gasteiger partial charge >= 0.3 is 6.09 Å². The molecule has 0 aromatic heterocycles. The Balaban J connectivity index is 2.57. The van der Waals surface area contributed by atoms with Gasteiger partial charge in [-0.3, -0.25) is 0 Å². The Bertz CT molecular complexity index is 494. The van der Waals surface area contributed by atoms with Crippen molar-refractivity contribution in [2.45, 2.75) is 45.1 Å². The number of nitrogens with zero attached hydrogens (tertiary/aromatic N) is 3. The SMILES string of the molecule is CCCCOC(=O)N1CCC(N(CCCN(C)C)S(=O)(=O)CCl)CC1. The molecule has 0 N–H and O–H groups in total. The highest BCUT2D eigenvalue weighted by Gasteiger charge is 2.33. The van der Waals surface area contributed by atoms with Gasteiger partial charge in [-0.1, -0.05) is 13.3 Å². The van der Waals surface area contributed by atoms with Gasteiger partial charge in [0.15, 0.2) is 0 Å². The van der Waals surface area contributed by atoms with Gasteiger partial charge in [0.05, 0.1) is 6.61 Å². The van der Waals surface area contributed by atoms with Crippen molar-refractivity contribution in [2.24, 2.45) is 0 Å². The van der Waals surface area contributed by atoms with E-state index in [2.05, 4.69) is 0 Å². The normalized spacial score (nSPS) is 16.6. The molecule has 1 fully saturated rings. The summed E-state index contributed by atoms with van der Waals surface area (Å²) in [5.41, 5.74) is 0. The van der Waals surface area contributed by atoms with Gasteiger partial charge in [0.2, 0.25) is 10.0 Å². The Morgan fingerprint density at radius 3 is 2.36 bits per heavy atom. The molecule has 1 aliphatic rings. The fourth-order valence-corrected chi connectivity index (χ4v) is 4.46. The number of hydrogen-bond acceptors (Lipinski definition) is 5. The molecule has 0 aromatic rings. The molecule has 1 rings (SSSR count). The van der Waals surface area contributed by atoms with Gasteiger partial charge in [0, 0.05) is 25.7 Å². The third-order valence-corrected chi connectivity index (χ3v) is 6.63. The highest BCUT2D eigenvalue weighted by Crippen LogP contribution is 2.21. The maximum Gasteiger partial charge on any atom is 0.409 e. The number of unbranched alkanes of at least 4 members (excludes halogenated alkanes) is 1. The second-order valence-corrected chi connectivity index (χ2v) is 9.18. The first kappa shape index (κ1) is 22.5. The minimum atomic E-state index is -3.47. The standard InChI is InChI=1S/C16H32ClN3O4S/c1-4-5-13-24-16(21)19-11-7-15(8-12-19)20(25(22,23)14-17)10-6-9-18(2)3/h15H,4-14H2,1-3H3. The van der Waals surface area contributed by atoms with Crippen LogP contribution in [0, 0.1) is 0 Å². The van der Waals surface area contributed by atoms with Crippen LogP contribution >= 0.6 is 11.6 Å². The van der Waals surface area contributed by atoms with Crippen LogP contribution < -0.4 is 0 Å². The molecule has 9 heteroatoms. The van der Waals surface area contributed by atoms with E-state index in [4.69, 9.17) is 16.3 Å². The largest absolute Gasteiger partial charge is 0.449 e. The van der Waals surface area contributed by atoms with Crippen molar-refractivity contribution < 1.29 is 17.9 Å².